The van der Waals surface area contributed by atoms with Crippen LogP contribution in [0.3, 0.4) is 0 Å². The third-order valence-electron chi connectivity index (χ3n) is 3.89. The second-order valence-corrected chi connectivity index (χ2v) is 5.30. The maximum atomic E-state index is 10.8. The van der Waals surface area contributed by atoms with E-state index >= 15 is 0 Å². The zero-order chi connectivity index (χ0) is 17.6. The molecule has 0 amide bonds. The first-order valence-electron chi connectivity index (χ1n) is 7.43. The van der Waals surface area contributed by atoms with Gasteiger partial charge in [0.05, 0.1) is 19.6 Å². The van der Waals surface area contributed by atoms with E-state index < -0.39 is 18.4 Å². The Labute approximate surface area is 140 Å². The van der Waals surface area contributed by atoms with E-state index in [2.05, 4.69) is 5.43 Å². The third-order valence-corrected chi connectivity index (χ3v) is 3.89. The molecule has 0 fully saturated rings. The van der Waals surface area contributed by atoms with Gasteiger partial charge in [-0.3, -0.25) is 5.84 Å². The molecule has 0 aromatic heterocycles. The summed E-state index contributed by atoms with van der Waals surface area (Å²) in [5, 5.41) is 8.83. The molecule has 0 saturated carbocycles. The number of hydrazine groups is 1. The molecule has 0 spiro atoms. The van der Waals surface area contributed by atoms with Gasteiger partial charge in [0.1, 0.15) is 12.4 Å². The molecule has 2 rings (SSSR count). The van der Waals surface area contributed by atoms with Crippen molar-refractivity contribution in [3.63, 3.8) is 0 Å². The van der Waals surface area contributed by atoms with E-state index in [1.807, 2.05) is 30.3 Å². The first-order chi connectivity index (χ1) is 11.5. The van der Waals surface area contributed by atoms with Gasteiger partial charge < -0.3 is 19.3 Å². The lowest BCUT2D eigenvalue weighted by molar-refractivity contribution is -0.200. The highest BCUT2D eigenvalue weighted by Gasteiger charge is 2.36. The van der Waals surface area contributed by atoms with Gasteiger partial charge in [-0.1, -0.05) is 36.4 Å². The lowest BCUT2D eigenvalue weighted by Gasteiger charge is -2.34. The minimum atomic E-state index is -1.18. The number of carboxylic acids is 1. The third kappa shape index (κ3) is 4.01. The number of nitrogens with one attached hydrogen (secondary N) is 1. The molecule has 7 heteroatoms. The van der Waals surface area contributed by atoms with Gasteiger partial charge in [-0.05, 0) is 11.6 Å². The van der Waals surface area contributed by atoms with Crippen molar-refractivity contribution in [1.29, 1.82) is 0 Å². The first kappa shape index (κ1) is 18.2. The molecule has 1 aliphatic rings. The van der Waals surface area contributed by atoms with E-state index in [-0.39, 0.29) is 12.5 Å². The molecule has 7 nitrogen and oxygen atoms in total. The van der Waals surface area contributed by atoms with Crippen LogP contribution >= 0.6 is 0 Å². The molecule has 0 bridgehead atoms. The van der Waals surface area contributed by atoms with Crippen molar-refractivity contribution in [2.75, 3.05) is 20.8 Å². The zero-order valence-corrected chi connectivity index (χ0v) is 13.7. The van der Waals surface area contributed by atoms with Gasteiger partial charge in [0.15, 0.2) is 5.79 Å². The van der Waals surface area contributed by atoms with Crippen LogP contribution in [0.2, 0.25) is 0 Å². The van der Waals surface area contributed by atoms with Crippen molar-refractivity contribution < 1.29 is 24.1 Å². The van der Waals surface area contributed by atoms with Gasteiger partial charge in [-0.2, -0.15) is 0 Å². The number of hydrogen-bond donors (Lipinski definition) is 3. The fraction of sp³-hybridized carbons (Fsp3) is 0.353. The van der Waals surface area contributed by atoms with Crippen LogP contribution in [0.25, 0.3) is 0 Å². The summed E-state index contributed by atoms with van der Waals surface area (Å²) in [6, 6.07) is 9.42. The Balaban J connectivity index is 2.30. The van der Waals surface area contributed by atoms with Gasteiger partial charge >= 0.3 is 5.97 Å². The molecule has 0 aliphatic heterocycles. The smallest absolute Gasteiger partial charge is 0.329 e. The average Bonchev–Trinajstić information content (AvgIpc) is 2.62. The van der Waals surface area contributed by atoms with E-state index in [4.69, 9.17) is 25.2 Å². The fourth-order valence-corrected chi connectivity index (χ4v) is 2.63. The summed E-state index contributed by atoms with van der Waals surface area (Å²) in [6.07, 6.45) is 3.70. The lowest BCUT2D eigenvalue weighted by atomic mass is 9.91. The van der Waals surface area contributed by atoms with E-state index in [1.165, 1.54) is 7.11 Å². The summed E-state index contributed by atoms with van der Waals surface area (Å²) < 4.78 is 16.3. The normalized spacial score (nSPS) is 21.6. The lowest BCUT2D eigenvalue weighted by Crippen LogP contribution is -2.39. The van der Waals surface area contributed by atoms with Crippen molar-refractivity contribution >= 4 is 5.97 Å². The Bertz CT molecular complexity index is 629. The van der Waals surface area contributed by atoms with Crippen molar-refractivity contribution in [1.82, 2.24) is 5.43 Å². The Morgan fingerprint density at radius 1 is 1.38 bits per heavy atom. The number of hydrogen-bond acceptors (Lipinski definition) is 6. The van der Waals surface area contributed by atoms with Crippen molar-refractivity contribution in [3.05, 3.63) is 59.4 Å². The predicted molar refractivity (Wildman–Crippen MR) is 87.6 cm³/mol. The molecule has 2 unspecified atom stereocenters. The predicted octanol–water partition coefficient (Wildman–Crippen LogP) is 1.50. The maximum Gasteiger partial charge on any atom is 0.329 e. The van der Waals surface area contributed by atoms with Crippen LogP contribution in [0.1, 0.15) is 18.0 Å². The summed E-state index contributed by atoms with van der Waals surface area (Å²) in [6.45, 7) is -0.470. The molecule has 4 N–H and O–H groups in total. The van der Waals surface area contributed by atoms with Gasteiger partial charge in [0, 0.05) is 12.7 Å². The van der Waals surface area contributed by atoms with Crippen LogP contribution in [-0.2, 0) is 19.0 Å². The van der Waals surface area contributed by atoms with E-state index in [0.717, 1.165) is 11.1 Å². The van der Waals surface area contributed by atoms with Crippen LogP contribution in [-0.4, -0.2) is 37.7 Å². The monoisotopic (exact) mass is 334 g/mol. The summed E-state index contributed by atoms with van der Waals surface area (Å²) in [5.74, 6) is 4.10. The van der Waals surface area contributed by atoms with Crippen molar-refractivity contribution in [2.24, 2.45) is 5.84 Å². The fourth-order valence-electron chi connectivity index (χ4n) is 2.63. The van der Waals surface area contributed by atoms with E-state index in [0.29, 0.717) is 5.76 Å². The number of methoxy groups -OCH3 is 2. The van der Waals surface area contributed by atoms with Crippen LogP contribution < -0.4 is 11.3 Å². The Morgan fingerprint density at radius 2 is 2.08 bits per heavy atom. The van der Waals surface area contributed by atoms with Crippen LogP contribution in [0.5, 0.6) is 0 Å². The number of ether oxygens (including phenoxy) is 3. The molecular weight excluding hydrogens is 312 g/mol. The standard InChI is InChI=1S/C17H22N2O5/c1-22-14-10-17(23-2,24-11-15(20)21)9-8-13(14)16(19-18)12-6-4-3-5-7-12/h3-9,16,19H,10-11,18H2,1-2H3,(H,20,21). The minimum absolute atomic E-state index is 0.240. The first-order valence-corrected chi connectivity index (χ1v) is 7.43. The quantitative estimate of drug-likeness (QED) is 0.376. The average molecular weight is 334 g/mol. The topological polar surface area (TPSA) is 103 Å². The summed E-state index contributed by atoms with van der Waals surface area (Å²) in [4.78, 5) is 10.8. The minimum Gasteiger partial charge on any atom is -0.501 e. The number of nitrogens with two attached hydrogens (primary N) is 1. The molecular formula is C17H22N2O5. The van der Waals surface area contributed by atoms with Crippen LogP contribution in [0.4, 0.5) is 0 Å². The Morgan fingerprint density at radius 3 is 2.62 bits per heavy atom. The molecule has 24 heavy (non-hydrogen) atoms. The second kappa shape index (κ2) is 8.07. The second-order valence-electron chi connectivity index (χ2n) is 5.30. The van der Waals surface area contributed by atoms with Gasteiger partial charge in [0.2, 0.25) is 0 Å². The van der Waals surface area contributed by atoms with Gasteiger partial charge in [-0.25, -0.2) is 10.2 Å². The van der Waals surface area contributed by atoms with Crippen molar-refractivity contribution in [2.45, 2.75) is 18.2 Å². The number of aliphatic carboxylic acids is 1. The Hall–Kier alpha value is -2.19. The van der Waals surface area contributed by atoms with Crippen LogP contribution in [0, 0.1) is 0 Å². The largest absolute Gasteiger partial charge is 0.501 e. The number of carboxylic acid groups (broad SMARTS) is 1. The molecule has 130 valence electrons. The molecule has 0 saturated heterocycles. The highest BCUT2D eigenvalue weighted by molar-refractivity contribution is 5.68. The summed E-state index contributed by atoms with van der Waals surface area (Å²) >= 11 is 0. The highest BCUT2D eigenvalue weighted by Crippen LogP contribution is 2.36. The van der Waals surface area contributed by atoms with E-state index in [9.17, 15) is 4.79 Å². The highest BCUT2D eigenvalue weighted by atomic mass is 16.7. The molecule has 1 aliphatic carbocycles. The molecule has 1 aromatic rings. The molecule has 1 aromatic carbocycles. The molecule has 0 heterocycles. The summed E-state index contributed by atoms with van der Waals surface area (Å²) in [7, 11) is 3.00. The number of carbonyl (C=O) groups is 1. The van der Waals surface area contributed by atoms with Gasteiger partial charge in [-0.15, -0.1) is 0 Å². The Kier molecular flexibility index (Phi) is 6.10. The SMILES string of the molecule is COC1=C(C(NN)c2ccccc2)C=CC(OC)(OCC(=O)O)C1. The van der Waals surface area contributed by atoms with Gasteiger partial charge in [0.25, 0.3) is 0 Å². The number of rotatable bonds is 8. The van der Waals surface area contributed by atoms with Crippen LogP contribution in [0.15, 0.2) is 53.8 Å². The maximum absolute atomic E-state index is 10.8. The molecule has 2 atom stereocenters. The molecule has 0 radical (unpaired) electrons. The summed E-state index contributed by atoms with van der Waals surface area (Å²) in [5.41, 5.74) is 4.59. The zero-order valence-electron chi connectivity index (χ0n) is 13.7. The number of benzene rings is 1. The van der Waals surface area contributed by atoms with E-state index in [1.54, 1.807) is 19.3 Å². The van der Waals surface area contributed by atoms with Crippen molar-refractivity contribution in [3.8, 4) is 0 Å².